The number of anilines is 1. The summed E-state index contributed by atoms with van der Waals surface area (Å²) in [5, 5.41) is 4.62. The summed E-state index contributed by atoms with van der Waals surface area (Å²) in [6.45, 7) is 10.1. The lowest BCUT2D eigenvalue weighted by molar-refractivity contribution is -0.142. The molecule has 8 heteroatoms. The van der Waals surface area contributed by atoms with E-state index in [9.17, 15) is 18.0 Å². The van der Waals surface area contributed by atoms with Crippen LogP contribution in [0.3, 0.4) is 0 Å². The molecule has 1 heterocycles. The Morgan fingerprint density at radius 1 is 1.03 bits per heavy atom. The fourth-order valence-electron chi connectivity index (χ4n) is 5.10. The van der Waals surface area contributed by atoms with E-state index in [0.29, 0.717) is 30.0 Å². The van der Waals surface area contributed by atoms with Crippen molar-refractivity contribution in [3.63, 3.8) is 0 Å². The fourth-order valence-corrected chi connectivity index (χ4v) is 6.84. The van der Waals surface area contributed by atoms with Crippen molar-refractivity contribution < 1.29 is 18.0 Å². The van der Waals surface area contributed by atoms with Gasteiger partial charge in [0, 0.05) is 30.4 Å². The van der Waals surface area contributed by atoms with E-state index in [-0.39, 0.29) is 24.8 Å². The van der Waals surface area contributed by atoms with Crippen LogP contribution in [0.2, 0.25) is 0 Å². The van der Waals surface area contributed by atoms with Crippen LogP contribution in [0.25, 0.3) is 10.8 Å². The smallest absolute Gasteiger partial charge is 0.265 e. The number of hydrogen-bond donors (Lipinski definition) is 1. The van der Waals surface area contributed by atoms with Gasteiger partial charge in [0.1, 0.15) is 6.04 Å². The van der Waals surface area contributed by atoms with Crippen LogP contribution in [-0.4, -0.2) is 43.3 Å². The van der Waals surface area contributed by atoms with Gasteiger partial charge < -0.3 is 10.2 Å². The van der Waals surface area contributed by atoms with Crippen LogP contribution >= 0.6 is 0 Å². The number of amides is 2. The standard InChI is InChI=1S/C30H37N3O4S/c1-6-24(29(35)31-30(3,4)5)32(20-22-12-7-11-21(2)19-22)27(34)17-10-18-33-25-15-8-13-23-14-9-16-26(28(23)25)38(33,36)37/h7-9,11-16,19,24H,6,10,17-18,20H2,1-5H3,(H,31,35). The normalized spacial score (nSPS) is 14.9. The molecular formula is C30H37N3O4S. The summed E-state index contributed by atoms with van der Waals surface area (Å²) in [7, 11) is -3.68. The number of aryl methyl sites for hydroxylation is 1. The van der Waals surface area contributed by atoms with Crippen molar-refractivity contribution in [3.05, 3.63) is 71.8 Å². The lowest BCUT2D eigenvalue weighted by atomic mass is 10.0. The third-order valence-corrected chi connectivity index (χ3v) is 8.61. The Labute approximate surface area is 225 Å². The van der Waals surface area contributed by atoms with E-state index in [4.69, 9.17) is 0 Å². The van der Waals surface area contributed by atoms with Crippen molar-refractivity contribution >= 4 is 38.3 Å². The van der Waals surface area contributed by atoms with E-state index in [1.54, 1.807) is 17.0 Å². The molecule has 2 amide bonds. The number of sulfonamides is 1. The molecule has 0 fully saturated rings. The molecule has 0 saturated heterocycles. The Kier molecular flexibility index (Phi) is 7.83. The first kappa shape index (κ1) is 27.6. The van der Waals surface area contributed by atoms with Gasteiger partial charge in [0.2, 0.25) is 11.8 Å². The summed E-state index contributed by atoms with van der Waals surface area (Å²) in [5.74, 6) is -0.361. The number of carbonyl (C=O) groups excluding carboxylic acids is 2. The zero-order chi connectivity index (χ0) is 27.7. The highest BCUT2D eigenvalue weighted by molar-refractivity contribution is 7.93. The summed E-state index contributed by atoms with van der Waals surface area (Å²) < 4.78 is 28.0. The van der Waals surface area contributed by atoms with E-state index in [1.807, 2.05) is 83.1 Å². The lowest BCUT2D eigenvalue weighted by Gasteiger charge is -2.33. The number of rotatable bonds is 9. The molecular weight excluding hydrogens is 498 g/mol. The third kappa shape index (κ3) is 5.70. The predicted octanol–water partition coefficient (Wildman–Crippen LogP) is 5.16. The minimum Gasteiger partial charge on any atom is -0.350 e. The molecule has 3 aromatic rings. The SMILES string of the molecule is CCC(C(=O)NC(C)(C)C)N(Cc1cccc(C)c1)C(=O)CCCN1c2cccc3cccc(c23)S1(=O)=O. The van der Waals surface area contributed by atoms with Gasteiger partial charge in [-0.05, 0) is 63.6 Å². The molecule has 0 aliphatic carbocycles. The maximum atomic E-state index is 13.6. The van der Waals surface area contributed by atoms with Gasteiger partial charge in [-0.15, -0.1) is 0 Å². The maximum Gasteiger partial charge on any atom is 0.265 e. The predicted molar refractivity (Wildman–Crippen MR) is 151 cm³/mol. The van der Waals surface area contributed by atoms with Gasteiger partial charge >= 0.3 is 0 Å². The second-order valence-electron chi connectivity index (χ2n) is 11.0. The van der Waals surface area contributed by atoms with Crippen molar-refractivity contribution in [3.8, 4) is 0 Å². The van der Waals surface area contributed by atoms with Crippen LogP contribution < -0.4 is 9.62 Å². The first-order chi connectivity index (χ1) is 17.9. The Morgan fingerprint density at radius 2 is 1.71 bits per heavy atom. The minimum atomic E-state index is -3.68. The summed E-state index contributed by atoms with van der Waals surface area (Å²) in [5.41, 5.74) is 2.25. The maximum absolute atomic E-state index is 13.6. The number of hydrogen-bond acceptors (Lipinski definition) is 4. The Morgan fingerprint density at radius 3 is 2.37 bits per heavy atom. The third-order valence-electron chi connectivity index (χ3n) is 6.75. The molecule has 0 radical (unpaired) electrons. The molecule has 7 nitrogen and oxygen atoms in total. The van der Waals surface area contributed by atoms with E-state index >= 15 is 0 Å². The average Bonchev–Trinajstić information content (AvgIpc) is 3.06. The second-order valence-corrected chi connectivity index (χ2v) is 12.8. The van der Waals surface area contributed by atoms with Gasteiger partial charge in [0.05, 0.1) is 10.6 Å². The highest BCUT2D eigenvalue weighted by atomic mass is 32.2. The van der Waals surface area contributed by atoms with Gasteiger partial charge in [-0.1, -0.05) is 61.0 Å². The first-order valence-electron chi connectivity index (χ1n) is 13.1. The Hall–Kier alpha value is -3.39. The highest BCUT2D eigenvalue weighted by Crippen LogP contribution is 2.42. The van der Waals surface area contributed by atoms with Gasteiger partial charge in [0.15, 0.2) is 0 Å². The highest BCUT2D eigenvalue weighted by Gasteiger charge is 2.36. The largest absolute Gasteiger partial charge is 0.350 e. The van der Waals surface area contributed by atoms with Crippen LogP contribution in [0.5, 0.6) is 0 Å². The van der Waals surface area contributed by atoms with Crippen molar-refractivity contribution in [2.75, 3.05) is 10.8 Å². The monoisotopic (exact) mass is 535 g/mol. The number of carbonyl (C=O) groups is 2. The molecule has 38 heavy (non-hydrogen) atoms. The van der Waals surface area contributed by atoms with E-state index in [1.165, 1.54) is 4.31 Å². The molecule has 1 N–H and O–H groups in total. The van der Waals surface area contributed by atoms with Crippen LogP contribution in [-0.2, 0) is 26.2 Å². The van der Waals surface area contributed by atoms with E-state index < -0.39 is 21.6 Å². The fraction of sp³-hybridized carbons (Fsp3) is 0.400. The Balaban J connectivity index is 1.53. The van der Waals surface area contributed by atoms with Crippen molar-refractivity contribution in [1.82, 2.24) is 10.2 Å². The van der Waals surface area contributed by atoms with Crippen LogP contribution in [0.4, 0.5) is 5.69 Å². The van der Waals surface area contributed by atoms with Gasteiger partial charge in [0.25, 0.3) is 10.0 Å². The lowest BCUT2D eigenvalue weighted by Crippen LogP contribution is -2.53. The summed E-state index contributed by atoms with van der Waals surface area (Å²) in [4.78, 5) is 28.8. The molecule has 4 rings (SSSR count). The summed E-state index contributed by atoms with van der Waals surface area (Å²) in [6.07, 6.45) is 0.935. The molecule has 1 aliphatic rings. The molecule has 0 spiro atoms. The quantitative estimate of drug-likeness (QED) is 0.410. The van der Waals surface area contributed by atoms with E-state index in [0.717, 1.165) is 21.9 Å². The summed E-state index contributed by atoms with van der Waals surface area (Å²) in [6, 6.07) is 18.1. The molecule has 1 atom stereocenters. The van der Waals surface area contributed by atoms with Crippen LogP contribution in [0.15, 0.2) is 65.6 Å². The van der Waals surface area contributed by atoms with Crippen molar-refractivity contribution in [2.24, 2.45) is 0 Å². The molecule has 0 saturated carbocycles. The van der Waals surface area contributed by atoms with Crippen molar-refractivity contribution in [2.45, 2.75) is 76.9 Å². The minimum absolute atomic E-state index is 0.128. The Bertz CT molecular complexity index is 1450. The number of nitrogens with one attached hydrogen (secondary N) is 1. The molecule has 1 aliphatic heterocycles. The van der Waals surface area contributed by atoms with Crippen molar-refractivity contribution in [1.29, 1.82) is 0 Å². The first-order valence-corrected chi connectivity index (χ1v) is 14.6. The molecule has 0 aromatic heterocycles. The van der Waals surface area contributed by atoms with Crippen LogP contribution in [0, 0.1) is 6.92 Å². The molecule has 1 unspecified atom stereocenters. The summed E-state index contributed by atoms with van der Waals surface area (Å²) >= 11 is 0. The van der Waals surface area contributed by atoms with Gasteiger partial charge in [-0.3, -0.25) is 13.9 Å². The molecule has 202 valence electrons. The molecule has 0 bridgehead atoms. The van der Waals surface area contributed by atoms with Gasteiger partial charge in [-0.25, -0.2) is 8.42 Å². The molecule has 3 aromatic carbocycles. The zero-order valence-corrected chi connectivity index (χ0v) is 23.6. The number of benzene rings is 3. The second kappa shape index (κ2) is 10.8. The average molecular weight is 536 g/mol. The topological polar surface area (TPSA) is 86.8 Å². The van der Waals surface area contributed by atoms with E-state index in [2.05, 4.69) is 5.32 Å². The zero-order valence-electron chi connectivity index (χ0n) is 22.8. The van der Waals surface area contributed by atoms with Gasteiger partial charge in [-0.2, -0.15) is 0 Å². The van der Waals surface area contributed by atoms with Crippen LogP contribution in [0.1, 0.15) is 58.1 Å². The number of nitrogens with zero attached hydrogens (tertiary/aromatic N) is 2.